The van der Waals surface area contributed by atoms with Gasteiger partial charge in [-0.05, 0) is 13.3 Å². The van der Waals surface area contributed by atoms with Crippen LogP contribution in [0.3, 0.4) is 0 Å². The van der Waals surface area contributed by atoms with Gasteiger partial charge in [0.25, 0.3) is 5.09 Å². The molecule has 0 fully saturated rings. The Balaban J connectivity index is 3.22. The summed E-state index contributed by atoms with van der Waals surface area (Å²) in [7, 11) is 0. The lowest BCUT2D eigenvalue weighted by atomic mass is 10.1. The fourth-order valence-electron chi connectivity index (χ4n) is 0.881. The average molecular weight is 161 g/mol. The molecule has 0 radical (unpaired) electrons. The molecule has 0 N–H and O–H groups in total. The second-order valence-corrected chi connectivity index (χ2v) is 2.64. The number of hydrogen-bond donors (Lipinski definition) is 0. The zero-order valence-electron chi connectivity index (χ0n) is 7.08. The Morgan fingerprint density at radius 1 is 1.55 bits per heavy atom. The third-order valence-electron chi connectivity index (χ3n) is 1.48. The normalized spacial score (nSPS) is 12.5. The van der Waals surface area contributed by atoms with Crippen LogP contribution in [0.15, 0.2) is 0 Å². The SMILES string of the molecule is CCCCCC(C)O[N+](=O)[O-]. The molecule has 0 heterocycles. The van der Waals surface area contributed by atoms with Gasteiger partial charge in [-0.15, -0.1) is 10.1 Å². The van der Waals surface area contributed by atoms with Gasteiger partial charge in [-0.1, -0.05) is 26.2 Å². The molecule has 0 aromatic heterocycles. The Morgan fingerprint density at radius 3 is 2.64 bits per heavy atom. The lowest BCUT2D eigenvalue weighted by Crippen LogP contribution is -2.12. The van der Waals surface area contributed by atoms with E-state index in [1.165, 1.54) is 0 Å². The zero-order valence-corrected chi connectivity index (χ0v) is 7.08. The Morgan fingerprint density at radius 2 is 2.18 bits per heavy atom. The second-order valence-electron chi connectivity index (χ2n) is 2.64. The summed E-state index contributed by atoms with van der Waals surface area (Å²) >= 11 is 0. The first-order valence-corrected chi connectivity index (χ1v) is 3.98. The van der Waals surface area contributed by atoms with Crippen LogP contribution >= 0.6 is 0 Å². The molecule has 0 saturated carbocycles. The van der Waals surface area contributed by atoms with E-state index in [1.54, 1.807) is 6.92 Å². The zero-order chi connectivity index (χ0) is 8.69. The van der Waals surface area contributed by atoms with Crippen LogP contribution in [0.2, 0.25) is 0 Å². The Hall–Kier alpha value is -0.800. The van der Waals surface area contributed by atoms with Gasteiger partial charge in [-0.25, -0.2) is 0 Å². The Kier molecular flexibility index (Phi) is 5.51. The molecule has 66 valence electrons. The highest BCUT2D eigenvalue weighted by atomic mass is 17.0. The highest BCUT2D eigenvalue weighted by molar-refractivity contribution is 4.47. The molecule has 0 aliphatic heterocycles. The van der Waals surface area contributed by atoms with E-state index in [1.807, 2.05) is 0 Å². The van der Waals surface area contributed by atoms with E-state index < -0.39 is 5.09 Å². The fourth-order valence-corrected chi connectivity index (χ4v) is 0.881. The third kappa shape index (κ3) is 7.09. The summed E-state index contributed by atoms with van der Waals surface area (Å²) in [5.74, 6) is 0. The molecule has 1 unspecified atom stereocenters. The molecular formula is C7H15NO3. The standard InChI is InChI=1S/C7H15NO3/c1-3-4-5-6-7(2)11-8(9)10/h7H,3-6H2,1-2H3. The van der Waals surface area contributed by atoms with Crippen molar-refractivity contribution in [1.82, 2.24) is 0 Å². The number of nitrogens with zero attached hydrogens (tertiary/aromatic N) is 1. The van der Waals surface area contributed by atoms with Crippen LogP contribution in [-0.4, -0.2) is 11.2 Å². The molecule has 0 aromatic rings. The van der Waals surface area contributed by atoms with Gasteiger partial charge in [0.1, 0.15) is 6.10 Å². The van der Waals surface area contributed by atoms with Gasteiger partial charge in [0.05, 0.1) is 0 Å². The van der Waals surface area contributed by atoms with Crippen LogP contribution in [0.25, 0.3) is 0 Å². The quantitative estimate of drug-likeness (QED) is 0.341. The minimum Gasteiger partial charge on any atom is -0.311 e. The minimum absolute atomic E-state index is 0.253. The molecule has 0 bridgehead atoms. The number of unbranched alkanes of at least 4 members (excludes halogenated alkanes) is 2. The van der Waals surface area contributed by atoms with Gasteiger partial charge in [0.2, 0.25) is 0 Å². The molecule has 0 aromatic carbocycles. The van der Waals surface area contributed by atoms with Crippen LogP contribution < -0.4 is 0 Å². The van der Waals surface area contributed by atoms with Gasteiger partial charge >= 0.3 is 0 Å². The van der Waals surface area contributed by atoms with Gasteiger partial charge in [-0.3, -0.25) is 0 Å². The summed E-state index contributed by atoms with van der Waals surface area (Å²) in [5, 5.41) is 9.10. The largest absolute Gasteiger partial charge is 0.311 e. The average Bonchev–Trinajstić information content (AvgIpc) is 1.86. The molecule has 0 spiro atoms. The molecule has 11 heavy (non-hydrogen) atoms. The van der Waals surface area contributed by atoms with E-state index in [0.717, 1.165) is 25.7 Å². The van der Waals surface area contributed by atoms with Crippen molar-refractivity contribution in [3.05, 3.63) is 10.1 Å². The van der Waals surface area contributed by atoms with Crippen LogP contribution in [0.5, 0.6) is 0 Å². The van der Waals surface area contributed by atoms with Crippen molar-refractivity contribution in [3.8, 4) is 0 Å². The molecule has 4 nitrogen and oxygen atoms in total. The van der Waals surface area contributed by atoms with Crippen molar-refractivity contribution in [3.63, 3.8) is 0 Å². The van der Waals surface area contributed by atoms with Crippen molar-refractivity contribution in [2.75, 3.05) is 0 Å². The molecule has 0 aliphatic carbocycles. The van der Waals surface area contributed by atoms with E-state index in [2.05, 4.69) is 11.8 Å². The minimum atomic E-state index is -0.726. The summed E-state index contributed by atoms with van der Waals surface area (Å²) in [4.78, 5) is 14.1. The summed E-state index contributed by atoms with van der Waals surface area (Å²) in [6, 6.07) is 0. The number of rotatable bonds is 6. The predicted octanol–water partition coefficient (Wildman–Crippen LogP) is 2.16. The maximum Gasteiger partial charge on any atom is 0.294 e. The monoisotopic (exact) mass is 161 g/mol. The summed E-state index contributed by atoms with van der Waals surface area (Å²) in [5.41, 5.74) is 0. The number of hydrogen-bond acceptors (Lipinski definition) is 3. The van der Waals surface area contributed by atoms with Crippen molar-refractivity contribution < 1.29 is 9.92 Å². The molecule has 0 rings (SSSR count). The Bertz CT molecular complexity index is 116. The van der Waals surface area contributed by atoms with E-state index in [-0.39, 0.29) is 6.10 Å². The van der Waals surface area contributed by atoms with E-state index >= 15 is 0 Å². The van der Waals surface area contributed by atoms with Gasteiger partial charge in [0, 0.05) is 0 Å². The summed E-state index contributed by atoms with van der Waals surface area (Å²) in [6.07, 6.45) is 3.77. The highest BCUT2D eigenvalue weighted by Crippen LogP contribution is 2.05. The van der Waals surface area contributed by atoms with E-state index in [9.17, 15) is 10.1 Å². The Labute approximate surface area is 66.6 Å². The third-order valence-corrected chi connectivity index (χ3v) is 1.48. The summed E-state index contributed by atoms with van der Waals surface area (Å²) in [6.45, 7) is 3.82. The first-order chi connectivity index (χ1) is 5.16. The van der Waals surface area contributed by atoms with Gasteiger partial charge in [0.15, 0.2) is 0 Å². The molecule has 1 atom stereocenters. The van der Waals surface area contributed by atoms with Crippen molar-refractivity contribution in [2.45, 2.75) is 45.6 Å². The van der Waals surface area contributed by atoms with E-state index in [4.69, 9.17) is 0 Å². The van der Waals surface area contributed by atoms with Crippen molar-refractivity contribution in [1.29, 1.82) is 0 Å². The second kappa shape index (κ2) is 5.95. The lowest BCUT2D eigenvalue weighted by molar-refractivity contribution is -0.767. The fraction of sp³-hybridized carbons (Fsp3) is 1.00. The van der Waals surface area contributed by atoms with Crippen LogP contribution in [0.4, 0.5) is 0 Å². The first-order valence-electron chi connectivity index (χ1n) is 3.98. The maximum absolute atomic E-state index is 9.83. The lowest BCUT2D eigenvalue weighted by Gasteiger charge is -2.07. The molecule has 0 amide bonds. The highest BCUT2D eigenvalue weighted by Gasteiger charge is 2.04. The first kappa shape index (κ1) is 10.2. The van der Waals surface area contributed by atoms with Gasteiger partial charge < -0.3 is 4.84 Å². The molecule has 4 heteroatoms. The van der Waals surface area contributed by atoms with Gasteiger partial charge in [-0.2, -0.15) is 0 Å². The van der Waals surface area contributed by atoms with Crippen LogP contribution in [0, 0.1) is 10.1 Å². The van der Waals surface area contributed by atoms with Crippen LogP contribution in [0.1, 0.15) is 39.5 Å². The smallest absolute Gasteiger partial charge is 0.294 e. The molecular weight excluding hydrogens is 146 g/mol. The van der Waals surface area contributed by atoms with Crippen molar-refractivity contribution in [2.24, 2.45) is 0 Å². The van der Waals surface area contributed by atoms with E-state index in [0.29, 0.717) is 0 Å². The van der Waals surface area contributed by atoms with Crippen LogP contribution in [-0.2, 0) is 4.84 Å². The topological polar surface area (TPSA) is 52.4 Å². The molecule has 0 saturated heterocycles. The summed E-state index contributed by atoms with van der Waals surface area (Å²) < 4.78 is 0. The maximum atomic E-state index is 9.83. The molecule has 0 aliphatic rings. The predicted molar refractivity (Wildman–Crippen MR) is 41.7 cm³/mol. The van der Waals surface area contributed by atoms with Crippen molar-refractivity contribution >= 4 is 0 Å².